The van der Waals surface area contributed by atoms with Gasteiger partial charge in [0.25, 0.3) is 5.91 Å². The standard InChI is InChI=1S/C13H17NO.C4H4N2O2S/c15-13(11-7-3-1-4-8-11)14-12-9-5-2-6-10-12;1-2-3(4(7)8)9-6-5-2/h1,3-4,7-8,12H,2,5-6,9-10H2,(H,14,15);1H3,(H,7,8). The van der Waals surface area contributed by atoms with Crippen LogP contribution in [0.25, 0.3) is 0 Å². The van der Waals surface area contributed by atoms with Crippen molar-refractivity contribution in [2.75, 3.05) is 0 Å². The maximum Gasteiger partial charge on any atom is 0.349 e. The first-order chi connectivity index (χ1) is 11.6. The van der Waals surface area contributed by atoms with Crippen molar-refractivity contribution < 1.29 is 14.7 Å². The van der Waals surface area contributed by atoms with Gasteiger partial charge >= 0.3 is 5.97 Å². The molecule has 2 aromatic rings. The second kappa shape index (κ2) is 9.12. The highest BCUT2D eigenvalue weighted by molar-refractivity contribution is 7.07. The number of hydrogen-bond acceptors (Lipinski definition) is 5. The Balaban J connectivity index is 0.000000198. The highest BCUT2D eigenvalue weighted by Crippen LogP contribution is 2.17. The zero-order valence-corrected chi connectivity index (χ0v) is 14.4. The summed E-state index contributed by atoms with van der Waals surface area (Å²) in [7, 11) is 0. The second-order valence-electron chi connectivity index (χ2n) is 5.67. The number of carbonyl (C=O) groups is 2. The average molecular weight is 347 g/mol. The Hall–Kier alpha value is -2.28. The number of rotatable bonds is 3. The van der Waals surface area contributed by atoms with Crippen LogP contribution in [0, 0.1) is 6.92 Å². The van der Waals surface area contributed by atoms with Gasteiger partial charge in [-0.3, -0.25) is 4.79 Å². The minimum absolute atomic E-state index is 0.0718. The number of aromatic nitrogens is 2. The second-order valence-corrected chi connectivity index (χ2v) is 6.42. The van der Waals surface area contributed by atoms with E-state index in [-0.39, 0.29) is 10.8 Å². The van der Waals surface area contributed by atoms with E-state index in [1.54, 1.807) is 6.92 Å². The van der Waals surface area contributed by atoms with Crippen LogP contribution in [0.15, 0.2) is 30.3 Å². The maximum atomic E-state index is 11.8. The summed E-state index contributed by atoms with van der Waals surface area (Å²) in [6.45, 7) is 1.62. The minimum Gasteiger partial charge on any atom is -0.477 e. The van der Waals surface area contributed by atoms with Gasteiger partial charge in [-0.05, 0) is 43.4 Å². The van der Waals surface area contributed by atoms with Gasteiger partial charge in [-0.25, -0.2) is 4.79 Å². The number of carboxylic acids is 1. The topological polar surface area (TPSA) is 92.2 Å². The summed E-state index contributed by atoms with van der Waals surface area (Å²) in [6, 6.07) is 9.84. The minimum atomic E-state index is -0.956. The first kappa shape index (κ1) is 18.1. The van der Waals surface area contributed by atoms with Crippen LogP contribution in [0.3, 0.4) is 0 Å². The molecule has 0 aliphatic heterocycles. The zero-order valence-electron chi connectivity index (χ0n) is 13.6. The Labute approximate surface area is 145 Å². The molecule has 128 valence electrons. The fourth-order valence-electron chi connectivity index (χ4n) is 2.53. The van der Waals surface area contributed by atoms with Gasteiger partial charge in [0.2, 0.25) is 0 Å². The van der Waals surface area contributed by atoms with Crippen molar-refractivity contribution in [3.63, 3.8) is 0 Å². The lowest BCUT2D eigenvalue weighted by Crippen LogP contribution is -2.36. The first-order valence-corrected chi connectivity index (χ1v) is 8.73. The van der Waals surface area contributed by atoms with E-state index in [9.17, 15) is 9.59 Å². The molecule has 0 saturated heterocycles. The van der Waals surface area contributed by atoms with Crippen LogP contribution in [0.5, 0.6) is 0 Å². The third kappa shape index (κ3) is 5.42. The predicted molar refractivity (Wildman–Crippen MR) is 92.4 cm³/mol. The molecule has 1 amide bonds. The number of nitrogens with zero attached hydrogens (tertiary/aromatic N) is 2. The van der Waals surface area contributed by atoms with E-state index in [1.165, 1.54) is 19.3 Å². The van der Waals surface area contributed by atoms with Gasteiger partial charge in [-0.15, -0.1) is 5.10 Å². The molecule has 0 atom stereocenters. The van der Waals surface area contributed by atoms with Crippen molar-refractivity contribution in [3.05, 3.63) is 46.5 Å². The number of carbonyl (C=O) groups excluding carboxylic acids is 1. The quantitative estimate of drug-likeness (QED) is 0.889. The van der Waals surface area contributed by atoms with Crippen molar-refractivity contribution >= 4 is 23.4 Å². The smallest absolute Gasteiger partial charge is 0.349 e. The van der Waals surface area contributed by atoms with Gasteiger partial charge in [-0.1, -0.05) is 41.9 Å². The molecule has 1 aromatic carbocycles. The normalized spacial score (nSPS) is 14.4. The van der Waals surface area contributed by atoms with E-state index < -0.39 is 5.97 Å². The highest BCUT2D eigenvalue weighted by atomic mass is 32.1. The summed E-state index contributed by atoms with van der Waals surface area (Å²) < 4.78 is 3.45. The molecule has 2 N–H and O–H groups in total. The van der Waals surface area contributed by atoms with E-state index in [4.69, 9.17) is 5.11 Å². The molecular weight excluding hydrogens is 326 g/mol. The van der Waals surface area contributed by atoms with Crippen LogP contribution >= 0.6 is 11.5 Å². The van der Waals surface area contributed by atoms with Crippen LogP contribution in [-0.4, -0.2) is 32.6 Å². The molecule has 1 saturated carbocycles. The molecule has 1 aromatic heterocycles. The van der Waals surface area contributed by atoms with E-state index in [1.807, 2.05) is 30.3 Å². The maximum absolute atomic E-state index is 11.8. The molecule has 1 fully saturated rings. The third-order valence-corrected chi connectivity index (χ3v) is 4.64. The van der Waals surface area contributed by atoms with Crippen LogP contribution < -0.4 is 5.32 Å². The molecular formula is C17H21N3O3S. The lowest BCUT2D eigenvalue weighted by molar-refractivity contribution is 0.0700. The van der Waals surface area contributed by atoms with Crippen LogP contribution in [0.2, 0.25) is 0 Å². The van der Waals surface area contributed by atoms with E-state index in [0.29, 0.717) is 11.7 Å². The fraction of sp³-hybridized carbons (Fsp3) is 0.412. The van der Waals surface area contributed by atoms with E-state index >= 15 is 0 Å². The Morgan fingerprint density at radius 2 is 1.83 bits per heavy atom. The summed E-state index contributed by atoms with van der Waals surface area (Å²) >= 11 is 0.897. The molecule has 24 heavy (non-hydrogen) atoms. The van der Waals surface area contributed by atoms with Crippen LogP contribution in [-0.2, 0) is 0 Å². The molecule has 3 rings (SSSR count). The first-order valence-electron chi connectivity index (χ1n) is 7.96. The van der Waals surface area contributed by atoms with Gasteiger partial charge < -0.3 is 10.4 Å². The fourth-order valence-corrected chi connectivity index (χ4v) is 3.03. The van der Waals surface area contributed by atoms with Crippen LogP contribution in [0.4, 0.5) is 0 Å². The Bertz CT molecular complexity index is 667. The lowest BCUT2D eigenvalue weighted by atomic mass is 9.95. The van der Waals surface area contributed by atoms with E-state index in [2.05, 4.69) is 14.9 Å². The molecule has 1 aliphatic carbocycles. The SMILES string of the molecule is Cc1nnsc1C(=O)O.O=C(NC1CCCCC1)c1ccccc1. The molecule has 0 spiro atoms. The third-order valence-electron chi connectivity index (χ3n) is 3.82. The van der Waals surface area contributed by atoms with Gasteiger partial charge in [0.05, 0.1) is 5.69 Å². The number of carboxylic acid groups (broad SMARTS) is 1. The molecule has 7 heteroatoms. The molecule has 0 unspecified atom stereocenters. The Morgan fingerprint density at radius 3 is 2.33 bits per heavy atom. The summed E-state index contributed by atoms with van der Waals surface area (Å²) in [5, 5.41) is 15.0. The molecule has 1 heterocycles. The van der Waals surface area contributed by atoms with Crippen molar-refractivity contribution in [2.45, 2.75) is 45.1 Å². The lowest BCUT2D eigenvalue weighted by Gasteiger charge is -2.22. The highest BCUT2D eigenvalue weighted by Gasteiger charge is 2.16. The Kier molecular flexibility index (Phi) is 6.87. The number of benzene rings is 1. The zero-order chi connectivity index (χ0) is 17.4. The number of amides is 1. The number of nitrogens with one attached hydrogen (secondary N) is 1. The molecule has 1 aliphatic rings. The molecule has 0 radical (unpaired) electrons. The monoisotopic (exact) mass is 347 g/mol. The summed E-state index contributed by atoms with van der Waals surface area (Å²) in [5.74, 6) is -0.884. The van der Waals surface area contributed by atoms with Crippen molar-refractivity contribution in [3.8, 4) is 0 Å². The summed E-state index contributed by atoms with van der Waals surface area (Å²) in [4.78, 5) is 22.2. The van der Waals surface area contributed by atoms with Crippen molar-refractivity contribution in [1.29, 1.82) is 0 Å². The van der Waals surface area contributed by atoms with Gasteiger partial charge in [-0.2, -0.15) is 0 Å². The van der Waals surface area contributed by atoms with Crippen LogP contribution in [0.1, 0.15) is 57.8 Å². The van der Waals surface area contributed by atoms with E-state index in [0.717, 1.165) is 29.9 Å². The Morgan fingerprint density at radius 1 is 1.17 bits per heavy atom. The number of hydrogen-bond donors (Lipinski definition) is 2. The summed E-state index contributed by atoms with van der Waals surface area (Å²) in [5.41, 5.74) is 1.25. The van der Waals surface area contributed by atoms with Crippen molar-refractivity contribution in [2.24, 2.45) is 0 Å². The largest absolute Gasteiger partial charge is 0.477 e. The van der Waals surface area contributed by atoms with Gasteiger partial charge in [0, 0.05) is 11.6 Å². The molecule has 6 nitrogen and oxygen atoms in total. The average Bonchev–Trinajstić information content (AvgIpc) is 3.03. The predicted octanol–water partition coefficient (Wildman–Crippen LogP) is 3.29. The summed E-state index contributed by atoms with van der Waals surface area (Å²) in [6.07, 6.45) is 6.09. The van der Waals surface area contributed by atoms with Crippen molar-refractivity contribution in [1.82, 2.24) is 14.9 Å². The van der Waals surface area contributed by atoms with Gasteiger partial charge in [0.1, 0.15) is 0 Å². The van der Waals surface area contributed by atoms with Gasteiger partial charge in [0.15, 0.2) is 4.88 Å². The molecule has 0 bridgehead atoms. The number of aromatic carboxylic acids is 1. The number of aryl methyl sites for hydroxylation is 1.